The molecule has 1 amide bonds. The molecule has 1 unspecified atom stereocenters. The first-order valence-electron chi connectivity index (χ1n) is 7.60. The average molecular weight is 343 g/mol. The van der Waals surface area contributed by atoms with Gasteiger partial charge in [-0.25, -0.2) is 9.50 Å². The molecule has 24 heavy (non-hydrogen) atoms. The summed E-state index contributed by atoms with van der Waals surface area (Å²) in [6.07, 6.45) is -4.61. The van der Waals surface area contributed by atoms with E-state index >= 15 is 0 Å². The van der Waals surface area contributed by atoms with Gasteiger partial charge in [-0.05, 0) is 26.7 Å². The zero-order valence-corrected chi connectivity index (χ0v) is 14.2. The number of hydrogen-bond donors (Lipinski definition) is 1. The smallest absolute Gasteiger partial charge is 0.353 e. The first-order valence-corrected chi connectivity index (χ1v) is 7.60. The molecule has 0 aliphatic rings. The first-order chi connectivity index (χ1) is 11.0. The molecule has 0 saturated heterocycles. The van der Waals surface area contributed by atoms with E-state index in [0.717, 1.165) is 4.52 Å². The summed E-state index contributed by atoms with van der Waals surface area (Å²) in [4.78, 5) is 19.6. The maximum Gasteiger partial charge on any atom is 0.453 e. The summed E-state index contributed by atoms with van der Waals surface area (Å²) in [6.45, 7) is 9.12. The normalized spacial score (nSPS) is 13.5. The van der Waals surface area contributed by atoms with Crippen LogP contribution >= 0.6 is 0 Å². The van der Waals surface area contributed by atoms with E-state index in [-0.39, 0.29) is 30.1 Å². The second-order valence-corrected chi connectivity index (χ2v) is 6.18. The molecular weight excluding hydrogens is 323 g/mol. The van der Waals surface area contributed by atoms with Crippen LogP contribution in [0.2, 0.25) is 0 Å². The van der Waals surface area contributed by atoms with Gasteiger partial charge in [0.05, 0.1) is 6.42 Å². The van der Waals surface area contributed by atoms with Gasteiger partial charge < -0.3 is 5.32 Å². The minimum atomic E-state index is -4.64. The number of rotatable bonds is 4. The Morgan fingerprint density at radius 2 is 1.83 bits per heavy atom. The van der Waals surface area contributed by atoms with Crippen LogP contribution < -0.4 is 5.32 Å². The van der Waals surface area contributed by atoms with Gasteiger partial charge in [-0.15, -0.1) is 5.10 Å². The number of aryl methyl sites for hydroxylation is 2. The van der Waals surface area contributed by atoms with Gasteiger partial charge in [-0.3, -0.25) is 4.79 Å². The maximum atomic E-state index is 12.8. The van der Waals surface area contributed by atoms with Crippen molar-refractivity contribution in [2.75, 3.05) is 0 Å². The Hall–Kier alpha value is -2.19. The van der Waals surface area contributed by atoms with E-state index in [0.29, 0.717) is 17.0 Å². The molecule has 2 heterocycles. The lowest BCUT2D eigenvalue weighted by Crippen LogP contribution is -2.37. The molecular formula is C15H20F3N5O. The minimum absolute atomic E-state index is 0.00185. The van der Waals surface area contributed by atoms with E-state index in [1.54, 1.807) is 13.8 Å². The molecule has 0 spiro atoms. The molecule has 0 aromatic carbocycles. The molecule has 9 heteroatoms. The zero-order chi connectivity index (χ0) is 18.2. The molecule has 132 valence electrons. The lowest BCUT2D eigenvalue weighted by molar-refractivity contribution is -0.144. The number of aromatic nitrogens is 4. The van der Waals surface area contributed by atoms with Crippen LogP contribution in [0.25, 0.3) is 5.78 Å². The van der Waals surface area contributed by atoms with Crippen molar-refractivity contribution < 1.29 is 18.0 Å². The highest BCUT2D eigenvalue weighted by Crippen LogP contribution is 2.27. The molecule has 0 aliphatic heterocycles. The Kier molecular flexibility index (Phi) is 4.82. The van der Waals surface area contributed by atoms with Crippen molar-refractivity contribution in [3.8, 4) is 0 Å². The van der Waals surface area contributed by atoms with Gasteiger partial charge in [-0.1, -0.05) is 13.8 Å². The number of amides is 1. The minimum Gasteiger partial charge on any atom is -0.353 e. The Morgan fingerprint density at radius 1 is 1.21 bits per heavy atom. The molecule has 0 saturated carbocycles. The first kappa shape index (κ1) is 18.2. The van der Waals surface area contributed by atoms with Crippen LogP contribution in [0, 0.1) is 19.8 Å². The fourth-order valence-corrected chi connectivity index (χ4v) is 2.22. The lowest BCUT2D eigenvalue weighted by atomic mass is 10.0. The summed E-state index contributed by atoms with van der Waals surface area (Å²) in [5.41, 5.74) is 1.44. The molecule has 1 atom stereocenters. The van der Waals surface area contributed by atoms with Crippen molar-refractivity contribution in [2.45, 2.75) is 53.3 Å². The number of nitrogens with one attached hydrogen (secondary N) is 1. The topological polar surface area (TPSA) is 72.2 Å². The van der Waals surface area contributed by atoms with E-state index in [9.17, 15) is 18.0 Å². The summed E-state index contributed by atoms with van der Waals surface area (Å²) in [5.74, 6) is -1.30. The second-order valence-electron chi connectivity index (χ2n) is 6.18. The van der Waals surface area contributed by atoms with Gasteiger partial charge in [0.1, 0.15) is 0 Å². The van der Waals surface area contributed by atoms with Gasteiger partial charge >= 0.3 is 6.18 Å². The standard InChI is InChI=1S/C15H20F3N5O/c1-7(2)8(3)19-12(24)6-11-9(4)20-14-21-13(15(16,17)18)22-23(14)10(11)5/h7-8H,6H2,1-5H3,(H,19,24). The average Bonchev–Trinajstić information content (AvgIpc) is 2.87. The van der Waals surface area contributed by atoms with Crippen LogP contribution in [-0.2, 0) is 17.4 Å². The van der Waals surface area contributed by atoms with Gasteiger partial charge in [0.15, 0.2) is 0 Å². The number of hydrogen-bond acceptors (Lipinski definition) is 4. The molecule has 6 nitrogen and oxygen atoms in total. The van der Waals surface area contributed by atoms with E-state index < -0.39 is 12.0 Å². The van der Waals surface area contributed by atoms with Crippen molar-refractivity contribution in [2.24, 2.45) is 5.92 Å². The summed E-state index contributed by atoms with van der Waals surface area (Å²) in [6, 6.07) is -0.00185. The third-order valence-corrected chi connectivity index (χ3v) is 4.03. The number of carbonyl (C=O) groups is 1. The lowest BCUT2D eigenvalue weighted by Gasteiger charge is -2.18. The largest absolute Gasteiger partial charge is 0.453 e. The van der Waals surface area contributed by atoms with Gasteiger partial charge in [0.25, 0.3) is 11.6 Å². The number of halogens is 3. The van der Waals surface area contributed by atoms with Crippen molar-refractivity contribution in [3.05, 3.63) is 22.8 Å². The molecule has 0 fully saturated rings. The molecule has 0 aliphatic carbocycles. The Balaban J connectivity index is 2.36. The predicted molar refractivity (Wildman–Crippen MR) is 81.4 cm³/mol. The number of fused-ring (bicyclic) bond motifs is 1. The van der Waals surface area contributed by atoms with Gasteiger partial charge in [0.2, 0.25) is 5.91 Å². The van der Waals surface area contributed by atoms with Crippen LogP contribution in [0.15, 0.2) is 0 Å². The Morgan fingerprint density at radius 3 is 2.38 bits per heavy atom. The molecule has 1 N–H and O–H groups in total. The second kappa shape index (κ2) is 6.37. The summed E-state index contributed by atoms with van der Waals surface area (Å²) in [7, 11) is 0. The SMILES string of the molecule is Cc1nc2nc(C(F)(F)F)nn2c(C)c1CC(=O)NC(C)C(C)C. The molecule has 0 bridgehead atoms. The van der Waals surface area contributed by atoms with Crippen LogP contribution in [0.4, 0.5) is 13.2 Å². The molecule has 2 aromatic rings. The highest BCUT2D eigenvalue weighted by atomic mass is 19.4. The third-order valence-electron chi connectivity index (χ3n) is 4.03. The van der Waals surface area contributed by atoms with E-state index in [1.165, 1.54) is 0 Å². The van der Waals surface area contributed by atoms with Crippen molar-refractivity contribution in [1.29, 1.82) is 0 Å². The quantitative estimate of drug-likeness (QED) is 0.926. The fraction of sp³-hybridized carbons (Fsp3) is 0.600. The van der Waals surface area contributed by atoms with Crippen LogP contribution in [-0.4, -0.2) is 31.5 Å². The van der Waals surface area contributed by atoms with Crippen molar-refractivity contribution in [1.82, 2.24) is 24.9 Å². The van der Waals surface area contributed by atoms with Gasteiger partial charge in [0, 0.05) is 23.0 Å². The van der Waals surface area contributed by atoms with Crippen LogP contribution in [0.5, 0.6) is 0 Å². The zero-order valence-electron chi connectivity index (χ0n) is 14.2. The summed E-state index contributed by atoms with van der Waals surface area (Å²) in [5, 5.41) is 6.34. The van der Waals surface area contributed by atoms with E-state index in [1.807, 2.05) is 20.8 Å². The molecule has 2 rings (SSSR count). The highest BCUT2D eigenvalue weighted by molar-refractivity contribution is 5.79. The maximum absolute atomic E-state index is 12.8. The predicted octanol–water partition coefficient (Wildman–Crippen LogP) is 2.46. The summed E-state index contributed by atoms with van der Waals surface area (Å²) < 4.78 is 39.3. The molecule has 0 radical (unpaired) electrons. The van der Waals surface area contributed by atoms with E-state index in [4.69, 9.17) is 0 Å². The van der Waals surface area contributed by atoms with Crippen molar-refractivity contribution in [3.63, 3.8) is 0 Å². The number of alkyl halides is 3. The monoisotopic (exact) mass is 343 g/mol. The third kappa shape index (κ3) is 3.65. The van der Waals surface area contributed by atoms with Crippen LogP contribution in [0.1, 0.15) is 43.5 Å². The highest BCUT2D eigenvalue weighted by Gasteiger charge is 2.37. The van der Waals surface area contributed by atoms with Crippen molar-refractivity contribution >= 4 is 11.7 Å². The number of carbonyl (C=O) groups excluding carboxylic acids is 1. The Labute approximate surface area is 137 Å². The van der Waals surface area contributed by atoms with Crippen LogP contribution in [0.3, 0.4) is 0 Å². The number of nitrogens with zero attached hydrogens (tertiary/aromatic N) is 4. The van der Waals surface area contributed by atoms with E-state index in [2.05, 4.69) is 20.4 Å². The Bertz CT molecular complexity index is 767. The summed E-state index contributed by atoms with van der Waals surface area (Å²) >= 11 is 0. The fourth-order valence-electron chi connectivity index (χ4n) is 2.22. The van der Waals surface area contributed by atoms with Gasteiger partial charge in [-0.2, -0.15) is 18.2 Å². The molecule has 2 aromatic heterocycles.